The van der Waals surface area contributed by atoms with Crippen molar-refractivity contribution < 1.29 is 5.11 Å². The van der Waals surface area contributed by atoms with Gasteiger partial charge in [-0.05, 0) is 30.9 Å². The monoisotopic (exact) mass is 273 g/mol. The smallest absolute Gasteiger partial charge is 0.112 e. The van der Waals surface area contributed by atoms with E-state index in [9.17, 15) is 5.11 Å². The van der Waals surface area contributed by atoms with Gasteiger partial charge in [-0.15, -0.1) is 0 Å². The number of anilines is 1. The van der Waals surface area contributed by atoms with Gasteiger partial charge in [-0.1, -0.05) is 19.9 Å². The van der Waals surface area contributed by atoms with Crippen LogP contribution in [-0.2, 0) is 7.05 Å². The van der Waals surface area contributed by atoms with E-state index in [4.69, 9.17) is 0 Å². The number of piperidine rings is 1. The van der Waals surface area contributed by atoms with Crippen LogP contribution in [0.25, 0.3) is 11.0 Å². The van der Waals surface area contributed by atoms with Crippen molar-refractivity contribution in [1.82, 2.24) is 9.55 Å². The first kappa shape index (κ1) is 13.4. The Hall–Kier alpha value is -1.55. The number of para-hydroxylation sites is 1. The van der Waals surface area contributed by atoms with E-state index in [-0.39, 0.29) is 0 Å². The molecule has 1 aliphatic rings. The molecule has 0 amide bonds. The van der Waals surface area contributed by atoms with E-state index in [2.05, 4.69) is 41.9 Å². The highest BCUT2D eigenvalue weighted by Crippen LogP contribution is 2.34. The maximum absolute atomic E-state index is 10.6. The molecule has 1 saturated heterocycles. The van der Waals surface area contributed by atoms with E-state index in [1.54, 1.807) is 0 Å². The summed E-state index contributed by atoms with van der Waals surface area (Å²) in [5.41, 5.74) is 2.90. The first-order valence-corrected chi connectivity index (χ1v) is 7.38. The van der Waals surface area contributed by atoms with Crippen LogP contribution in [0.5, 0.6) is 0 Å². The molecule has 2 heterocycles. The minimum Gasteiger partial charge on any atom is -0.389 e. The van der Waals surface area contributed by atoms with Crippen LogP contribution in [0, 0.1) is 5.92 Å². The van der Waals surface area contributed by atoms with Crippen LogP contribution in [-0.4, -0.2) is 33.3 Å². The number of fused-ring (bicyclic) bond motifs is 1. The number of imidazole rings is 1. The van der Waals surface area contributed by atoms with Crippen molar-refractivity contribution in [2.45, 2.75) is 32.3 Å². The summed E-state index contributed by atoms with van der Waals surface area (Å²) >= 11 is 0. The average Bonchev–Trinajstić information content (AvgIpc) is 2.82. The molecule has 1 aromatic heterocycles. The molecule has 0 atom stereocenters. The van der Waals surface area contributed by atoms with Gasteiger partial charge in [0.25, 0.3) is 0 Å². The summed E-state index contributed by atoms with van der Waals surface area (Å²) in [6, 6.07) is 6.32. The zero-order valence-corrected chi connectivity index (χ0v) is 12.5. The summed E-state index contributed by atoms with van der Waals surface area (Å²) in [5.74, 6) is 0.315. The summed E-state index contributed by atoms with van der Waals surface area (Å²) in [6.07, 6.45) is 3.52. The van der Waals surface area contributed by atoms with Crippen molar-refractivity contribution in [2.75, 3.05) is 18.0 Å². The van der Waals surface area contributed by atoms with Gasteiger partial charge in [0.15, 0.2) is 0 Å². The number of aromatic nitrogens is 2. The Bertz CT molecular complexity index is 609. The molecule has 0 unspecified atom stereocenters. The minimum absolute atomic E-state index is 0.315. The zero-order chi connectivity index (χ0) is 14.3. The number of hydrogen-bond donors (Lipinski definition) is 1. The third-order valence-electron chi connectivity index (χ3n) is 4.78. The molecule has 4 heteroatoms. The molecule has 1 aliphatic heterocycles. The van der Waals surface area contributed by atoms with E-state index >= 15 is 0 Å². The summed E-state index contributed by atoms with van der Waals surface area (Å²) in [5, 5.41) is 10.6. The van der Waals surface area contributed by atoms with Gasteiger partial charge in [0.1, 0.15) is 5.52 Å². The number of benzene rings is 1. The topological polar surface area (TPSA) is 41.3 Å². The maximum Gasteiger partial charge on any atom is 0.112 e. The molecule has 1 N–H and O–H groups in total. The minimum atomic E-state index is -0.505. The first-order chi connectivity index (χ1) is 9.51. The van der Waals surface area contributed by atoms with Crippen molar-refractivity contribution >= 4 is 16.7 Å². The van der Waals surface area contributed by atoms with Crippen molar-refractivity contribution in [3.63, 3.8) is 0 Å². The molecule has 0 radical (unpaired) electrons. The third kappa shape index (κ3) is 2.08. The fourth-order valence-corrected chi connectivity index (χ4v) is 3.11. The van der Waals surface area contributed by atoms with Gasteiger partial charge in [0, 0.05) is 20.1 Å². The van der Waals surface area contributed by atoms with E-state index in [1.165, 1.54) is 5.69 Å². The molecule has 4 nitrogen and oxygen atoms in total. The summed E-state index contributed by atoms with van der Waals surface area (Å²) in [7, 11) is 2.02. The second-order valence-corrected chi connectivity index (χ2v) is 6.25. The normalized spacial score (nSPS) is 18.9. The van der Waals surface area contributed by atoms with Crippen LogP contribution in [0.2, 0.25) is 0 Å². The summed E-state index contributed by atoms with van der Waals surface area (Å²) in [6.45, 7) is 6.00. The predicted molar refractivity (Wildman–Crippen MR) is 81.9 cm³/mol. The third-order valence-corrected chi connectivity index (χ3v) is 4.78. The second kappa shape index (κ2) is 4.77. The highest BCUT2D eigenvalue weighted by Gasteiger charge is 2.35. The molecule has 0 bridgehead atoms. The number of aryl methyl sites for hydroxylation is 1. The van der Waals surface area contributed by atoms with Gasteiger partial charge in [-0.2, -0.15) is 0 Å². The van der Waals surface area contributed by atoms with Gasteiger partial charge in [0.05, 0.1) is 23.1 Å². The van der Waals surface area contributed by atoms with Crippen LogP contribution in [0.3, 0.4) is 0 Å². The number of hydrogen-bond acceptors (Lipinski definition) is 3. The molecule has 108 valence electrons. The van der Waals surface area contributed by atoms with Gasteiger partial charge in [-0.3, -0.25) is 0 Å². The quantitative estimate of drug-likeness (QED) is 0.914. The number of nitrogens with zero attached hydrogens (tertiary/aromatic N) is 3. The van der Waals surface area contributed by atoms with E-state index < -0.39 is 5.60 Å². The van der Waals surface area contributed by atoms with Crippen molar-refractivity contribution in [3.8, 4) is 0 Å². The first-order valence-electron chi connectivity index (χ1n) is 7.38. The summed E-state index contributed by atoms with van der Waals surface area (Å²) in [4.78, 5) is 6.88. The Balaban J connectivity index is 1.87. The lowest BCUT2D eigenvalue weighted by Gasteiger charge is -2.41. The largest absolute Gasteiger partial charge is 0.389 e. The Labute approximate surface area is 120 Å². The molecule has 0 saturated carbocycles. The lowest BCUT2D eigenvalue weighted by atomic mass is 9.81. The molecular weight excluding hydrogens is 250 g/mol. The molecule has 0 aliphatic carbocycles. The van der Waals surface area contributed by atoms with E-state index in [0.29, 0.717) is 5.92 Å². The fourth-order valence-electron chi connectivity index (χ4n) is 3.11. The van der Waals surface area contributed by atoms with Crippen molar-refractivity contribution in [3.05, 3.63) is 24.5 Å². The molecule has 2 aromatic rings. The lowest BCUT2D eigenvalue weighted by molar-refractivity contribution is -0.0261. The van der Waals surface area contributed by atoms with Crippen LogP contribution in [0.15, 0.2) is 24.5 Å². The van der Waals surface area contributed by atoms with E-state index in [0.717, 1.165) is 37.0 Å². The molecule has 3 rings (SSSR count). The highest BCUT2D eigenvalue weighted by atomic mass is 16.3. The number of aliphatic hydroxyl groups is 1. The maximum atomic E-state index is 10.6. The van der Waals surface area contributed by atoms with Gasteiger partial charge in [0.2, 0.25) is 0 Å². The van der Waals surface area contributed by atoms with Crippen LogP contribution >= 0.6 is 0 Å². The predicted octanol–water partition coefficient (Wildman–Crippen LogP) is 2.56. The van der Waals surface area contributed by atoms with E-state index in [1.807, 2.05) is 17.9 Å². The van der Waals surface area contributed by atoms with Crippen LogP contribution in [0.1, 0.15) is 26.7 Å². The molecule has 1 aromatic carbocycles. The molecule has 20 heavy (non-hydrogen) atoms. The van der Waals surface area contributed by atoms with Crippen molar-refractivity contribution in [1.29, 1.82) is 0 Å². The Morgan fingerprint density at radius 3 is 2.60 bits per heavy atom. The van der Waals surface area contributed by atoms with Gasteiger partial charge >= 0.3 is 0 Å². The highest BCUT2D eigenvalue weighted by molar-refractivity contribution is 5.89. The number of rotatable bonds is 2. The lowest BCUT2D eigenvalue weighted by Crippen LogP contribution is -2.47. The zero-order valence-electron chi connectivity index (χ0n) is 12.5. The summed E-state index contributed by atoms with van der Waals surface area (Å²) < 4.78 is 2.05. The average molecular weight is 273 g/mol. The van der Waals surface area contributed by atoms with Crippen molar-refractivity contribution in [2.24, 2.45) is 13.0 Å². The SMILES string of the molecule is CC(C)C1(O)CCN(c2cccc3c2ncn3C)CC1. The Kier molecular flexibility index (Phi) is 3.21. The standard InChI is InChI=1S/C16H23N3O/c1-12(2)16(20)7-9-19(10-8-16)14-6-4-5-13-15(14)17-11-18(13)3/h4-6,11-12,20H,7-10H2,1-3H3. The van der Waals surface area contributed by atoms with Crippen LogP contribution < -0.4 is 4.90 Å². The van der Waals surface area contributed by atoms with Crippen LogP contribution in [0.4, 0.5) is 5.69 Å². The Morgan fingerprint density at radius 2 is 1.95 bits per heavy atom. The van der Waals surface area contributed by atoms with Gasteiger partial charge in [-0.25, -0.2) is 4.98 Å². The second-order valence-electron chi connectivity index (χ2n) is 6.25. The van der Waals surface area contributed by atoms with Gasteiger partial charge < -0.3 is 14.6 Å². The molecule has 0 spiro atoms. The molecular formula is C16H23N3O. The Morgan fingerprint density at radius 1 is 1.25 bits per heavy atom. The molecule has 1 fully saturated rings. The fraction of sp³-hybridized carbons (Fsp3) is 0.562.